The molecule has 120 valence electrons. The molecule has 0 radical (unpaired) electrons. The van der Waals surface area contributed by atoms with E-state index in [0.717, 1.165) is 11.3 Å². The molecule has 3 rings (SSSR count). The Balaban J connectivity index is 1.99. The number of likely N-dealkylation sites (tertiary alicyclic amines) is 1. The van der Waals surface area contributed by atoms with Gasteiger partial charge in [-0.15, -0.1) is 0 Å². The molecule has 0 bridgehead atoms. The summed E-state index contributed by atoms with van der Waals surface area (Å²) in [7, 11) is 0. The number of rotatable bonds is 4. The van der Waals surface area contributed by atoms with Gasteiger partial charge in [-0.05, 0) is 26.0 Å². The van der Waals surface area contributed by atoms with Crippen LogP contribution in [0.25, 0.3) is 5.69 Å². The number of hydrogen-bond donors (Lipinski definition) is 1. The van der Waals surface area contributed by atoms with Crippen molar-refractivity contribution in [1.29, 1.82) is 0 Å². The van der Waals surface area contributed by atoms with Crippen LogP contribution in [0.1, 0.15) is 31.9 Å². The molecule has 0 saturated carbocycles. The van der Waals surface area contributed by atoms with E-state index < -0.39 is 17.9 Å². The Labute approximate surface area is 134 Å². The Morgan fingerprint density at radius 2 is 2.00 bits per heavy atom. The van der Waals surface area contributed by atoms with Crippen molar-refractivity contribution in [1.82, 2.24) is 14.7 Å². The van der Waals surface area contributed by atoms with E-state index in [1.807, 2.05) is 50.4 Å². The first kappa shape index (κ1) is 15.3. The summed E-state index contributed by atoms with van der Waals surface area (Å²) in [5.74, 6) is -1.80. The lowest BCUT2D eigenvalue weighted by Crippen LogP contribution is -2.35. The molecule has 6 nitrogen and oxygen atoms in total. The van der Waals surface area contributed by atoms with Crippen molar-refractivity contribution in [3.05, 3.63) is 48.3 Å². The van der Waals surface area contributed by atoms with Crippen LogP contribution in [0.15, 0.2) is 42.7 Å². The number of hydrogen-bond acceptors (Lipinski definition) is 3. The molecule has 1 aliphatic heterocycles. The van der Waals surface area contributed by atoms with E-state index in [-0.39, 0.29) is 18.4 Å². The molecule has 1 aromatic carbocycles. The van der Waals surface area contributed by atoms with Crippen LogP contribution >= 0.6 is 0 Å². The number of para-hydroxylation sites is 1. The van der Waals surface area contributed by atoms with Crippen LogP contribution in [0.3, 0.4) is 0 Å². The van der Waals surface area contributed by atoms with E-state index in [0.29, 0.717) is 0 Å². The summed E-state index contributed by atoms with van der Waals surface area (Å²) in [6.45, 7) is 3.80. The van der Waals surface area contributed by atoms with Crippen molar-refractivity contribution >= 4 is 11.9 Å². The predicted octanol–water partition coefficient (Wildman–Crippen LogP) is 2.25. The van der Waals surface area contributed by atoms with Gasteiger partial charge < -0.3 is 10.0 Å². The lowest BCUT2D eigenvalue weighted by atomic mass is 9.95. The van der Waals surface area contributed by atoms with E-state index in [9.17, 15) is 14.7 Å². The van der Waals surface area contributed by atoms with Crippen LogP contribution in [0.4, 0.5) is 0 Å². The Kier molecular flexibility index (Phi) is 3.90. The fourth-order valence-corrected chi connectivity index (χ4v) is 3.19. The molecular weight excluding hydrogens is 294 g/mol. The number of amides is 1. The van der Waals surface area contributed by atoms with Crippen molar-refractivity contribution in [2.24, 2.45) is 5.92 Å². The average molecular weight is 313 g/mol. The molecule has 6 heteroatoms. The predicted molar refractivity (Wildman–Crippen MR) is 84.0 cm³/mol. The first-order valence-corrected chi connectivity index (χ1v) is 7.63. The monoisotopic (exact) mass is 313 g/mol. The minimum Gasteiger partial charge on any atom is -0.481 e. The number of aromatic nitrogens is 2. The number of aliphatic carboxylic acids is 1. The summed E-state index contributed by atoms with van der Waals surface area (Å²) in [6.07, 6.45) is 3.50. The van der Waals surface area contributed by atoms with Crippen molar-refractivity contribution in [2.45, 2.75) is 32.4 Å². The Bertz CT molecular complexity index is 724. The van der Waals surface area contributed by atoms with E-state index in [1.54, 1.807) is 15.8 Å². The maximum Gasteiger partial charge on any atom is 0.309 e. The maximum absolute atomic E-state index is 12.2. The third kappa shape index (κ3) is 2.72. The zero-order valence-corrected chi connectivity index (χ0v) is 13.1. The van der Waals surface area contributed by atoms with Gasteiger partial charge in [-0.2, -0.15) is 5.10 Å². The van der Waals surface area contributed by atoms with Gasteiger partial charge >= 0.3 is 5.97 Å². The second-order valence-electron chi connectivity index (χ2n) is 6.04. The van der Waals surface area contributed by atoms with Gasteiger partial charge in [0.05, 0.1) is 23.8 Å². The van der Waals surface area contributed by atoms with Crippen LogP contribution in [0.2, 0.25) is 0 Å². The van der Waals surface area contributed by atoms with Crippen LogP contribution < -0.4 is 0 Å². The highest BCUT2D eigenvalue weighted by molar-refractivity contribution is 5.87. The fraction of sp³-hybridized carbons (Fsp3) is 0.353. The minimum atomic E-state index is -0.945. The minimum absolute atomic E-state index is 0.0364. The highest BCUT2D eigenvalue weighted by Crippen LogP contribution is 2.39. The third-order valence-corrected chi connectivity index (χ3v) is 4.20. The SMILES string of the molecule is CC(C)N1C(=O)CC(C(=O)O)C1c1cnn(-c2ccccc2)c1. The summed E-state index contributed by atoms with van der Waals surface area (Å²) in [5, 5.41) is 13.8. The lowest BCUT2D eigenvalue weighted by Gasteiger charge is -2.29. The summed E-state index contributed by atoms with van der Waals surface area (Å²) in [6, 6.07) is 9.06. The molecule has 2 aromatic rings. The van der Waals surface area contributed by atoms with Gasteiger partial charge in [0.1, 0.15) is 0 Å². The topological polar surface area (TPSA) is 75.4 Å². The Hall–Kier alpha value is -2.63. The highest BCUT2D eigenvalue weighted by Gasteiger charge is 2.46. The molecule has 2 unspecified atom stereocenters. The molecule has 1 aliphatic rings. The lowest BCUT2D eigenvalue weighted by molar-refractivity contribution is -0.142. The second kappa shape index (κ2) is 5.87. The molecule has 0 spiro atoms. The molecule has 1 amide bonds. The quantitative estimate of drug-likeness (QED) is 0.939. The Morgan fingerprint density at radius 3 is 2.61 bits per heavy atom. The average Bonchev–Trinajstić information content (AvgIpc) is 3.12. The number of carboxylic acid groups (broad SMARTS) is 1. The van der Waals surface area contributed by atoms with Crippen molar-refractivity contribution in [3.8, 4) is 5.69 Å². The fourth-order valence-electron chi connectivity index (χ4n) is 3.19. The maximum atomic E-state index is 12.2. The highest BCUT2D eigenvalue weighted by atomic mass is 16.4. The van der Waals surface area contributed by atoms with Gasteiger partial charge in [-0.3, -0.25) is 9.59 Å². The van der Waals surface area contributed by atoms with Crippen LogP contribution in [-0.2, 0) is 9.59 Å². The van der Waals surface area contributed by atoms with Gasteiger partial charge in [0.25, 0.3) is 0 Å². The zero-order valence-electron chi connectivity index (χ0n) is 13.1. The molecule has 2 atom stereocenters. The van der Waals surface area contributed by atoms with Crippen molar-refractivity contribution in [2.75, 3.05) is 0 Å². The van der Waals surface area contributed by atoms with Crippen LogP contribution in [-0.4, -0.2) is 37.7 Å². The third-order valence-electron chi connectivity index (χ3n) is 4.20. The number of carbonyl (C=O) groups is 2. The molecule has 1 saturated heterocycles. The van der Waals surface area contributed by atoms with E-state index in [1.165, 1.54) is 0 Å². The smallest absolute Gasteiger partial charge is 0.309 e. The molecule has 23 heavy (non-hydrogen) atoms. The Morgan fingerprint density at radius 1 is 1.30 bits per heavy atom. The first-order chi connectivity index (χ1) is 11.0. The molecule has 1 N–H and O–H groups in total. The van der Waals surface area contributed by atoms with Crippen molar-refractivity contribution < 1.29 is 14.7 Å². The molecule has 0 aliphatic carbocycles. The largest absolute Gasteiger partial charge is 0.481 e. The van der Waals surface area contributed by atoms with Crippen molar-refractivity contribution in [3.63, 3.8) is 0 Å². The van der Waals surface area contributed by atoms with Gasteiger partial charge in [0.15, 0.2) is 0 Å². The summed E-state index contributed by atoms with van der Waals surface area (Å²) in [4.78, 5) is 25.5. The van der Waals surface area contributed by atoms with Gasteiger partial charge in [-0.25, -0.2) is 4.68 Å². The van der Waals surface area contributed by atoms with Crippen LogP contribution in [0, 0.1) is 5.92 Å². The summed E-state index contributed by atoms with van der Waals surface area (Å²) < 4.78 is 1.70. The number of carboxylic acids is 1. The standard InChI is InChI=1S/C17H19N3O3/c1-11(2)20-15(21)8-14(17(22)23)16(20)12-9-18-19(10-12)13-6-4-3-5-7-13/h3-7,9-11,14,16H,8H2,1-2H3,(H,22,23). The number of carbonyl (C=O) groups excluding carboxylic acids is 1. The molecule has 1 aromatic heterocycles. The second-order valence-corrected chi connectivity index (χ2v) is 6.04. The summed E-state index contributed by atoms with van der Waals surface area (Å²) in [5.41, 5.74) is 1.65. The van der Waals surface area contributed by atoms with E-state index in [2.05, 4.69) is 5.10 Å². The summed E-state index contributed by atoms with van der Waals surface area (Å²) >= 11 is 0. The number of benzene rings is 1. The zero-order chi connectivity index (χ0) is 16.6. The van der Waals surface area contributed by atoms with Crippen LogP contribution in [0.5, 0.6) is 0 Å². The number of nitrogens with zero attached hydrogens (tertiary/aromatic N) is 3. The van der Waals surface area contributed by atoms with Gasteiger partial charge in [0.2, 0.25) is 5.91 Å². The van der Waals surface area contributed by atoms with Gasteiger partial charge in [0, 0.05) is 24.2 Å². The van der Waals surface area contributed by atoms with Gasteiger partial charge in [-0.1, -0.05) is 18.2 Å². The van der Waals surface area contributed by atoms with E-state index in [4.69, 9.17) is 0 Å². The molecular formula is C17H19N3O3. The molecule has 2 heterocycles. The molecule has 1 fully saturated rings. The van der Waals surface area contributed by atoms with E-state index >= 15 is 0 Å². The normalized spacial score (nSPS) is 21.2. The first-order valence-electron chi connectivity index (χ1n) is 7.63.